The van der Waals surface area contributed by atoms with E-state index in [1.807, 2.05) is 6.07 Å². The molecule has 0 spiro atoms. The molecule has 0 unspecified atom stereocenters. The van der Waals surface area contributed by atoms with Gasteiger partial charge in [0.25, 0.3) is 0 Å². The van der Waals surface area contributed by atoms with E-state index in [9.17, 15) is 13.2 Å². The van der Waals surface area contributed by atoms with Crippen LogP contribution in [0.4, 0.5) is 18.9 Å². The van der Waals surface area contributed by atoms with Gasteiger partial charge in [-0.3, -0.25) is 0 Å². The highest BCUT2D eigenvalue weighted by Crippen LogP contribution is 2.33. The number of benzene rings is 2. The zero-order chi connectivity index (χ0) is 17.3. The molecule has 1 aliphatic rings. The molecule has 0 aliphatic carbocycles. The van der Waals surface area contributed by atoms with Gasteiger partial charge in [-0.25, -0.2) is 0 Å². The van der Waals surface area contributed by atoms with Crippen LogP contribution >= 0.6 is 0 Å². The summed E-state index contributed by atoms with van der Waals surface area (Å²) in [6, 6.07) is 11.6. The summed E-state index contributed by atoms with van der Waals surface area (Å²) < 4.78 is 37.9. The lowest BCUT2D eigenvalue weighted by Gasteiger charge is -2.20. The van der Waals surface area contributed by atoms with Crippen molar-refractivity contribution in [3.05, 3.63) is 84.0 Å². The fourth-order valence-corrected chi connectivity index (χ4v) is 2.97. The zero-order valence-corrected chi connectivity index (χ0v) is 13.2. The number of anilines is 1. The molecule has 0 bridgehead atoms. The van der Waals surface area contributed by atoms with E-state index in [1.165, 1.54) is 5.56 Å². The summed E-state index contributed by atoms with van der Waals surface area (Å²) in [4.78, 5) is 2.19. The fraction of sp³-hybridized carbons (Fsp3) is 0.200. The second-order valence-electron chi connectivity index (χ2n) is 5.94. The van der Waals surface area contributed by atoms with Gasteiger partial charge in [-0.1, -0.05) is 37.4 Å². The lowest BCUT2D eigenvalue weighted by atomic mass is 10.0. The highest BCUT2D eigenvalue weighted by atomic mass is 19.4. The van der Waals surface area contributed by atoms with Crippen LogP contribution in [0.15, 0.2) is 61.7 Å². The third-order valence-electron chi connectivity index (χ3n) is 4.34. The maximum absolute atomic E-state index is 12.6. The molecule has 3 rings (SSSR count). The van der Waals surface area contributed by atoms with Crippen LogP contribution in [-0.4, -0.2) is 6.54 Å². The molecule has 1 nitrogen and oxygen atoms in total. The largest absolute Gasteiger partial charge is 0.416 e. The quantitative estimate of drug-likeness (QED) is 0.673. The van der Waals surface area contributed by atoms with Gasteiger partial charge in [0.05, 0.1) is 5.56 Å². The highest BCUT2D eigenvalue weighted by Gasteiger charge is 2.30. The van der Waals surface area contributed by atoms with Crippen molar-refractivity contribution in [2.45, 2.75) is 19.1 Å². The van der Waals surface area contributed by atoms with Gasteiger partial charge in [0.2, 0.25) is 0 Å². The number of fused-ring (bicyclic) bond motifs is 1. The molecule has 0 amide bonds. The zero-order valence-electron chi connectivity index (χ0n) is 13.2. The molecule has 1 heterocycles. The van der Waals surface area contributed by atoms with E-state index in [-0.39, 0.29) is 0 Å². The Hall–Kier alpha value is -2.49. The Morgan fingerprint density at radius 1 is 1.12 bits per heavy atom. The van der Waals surface area contributed by atoms with Gasteiger partial charge in [-0.15, -0.1) is 0 Å². The lowest BCUT2D eigenvalue weighted by molar-refractivity contribution is -0.137. The second kappa shape index (κ2) is 6.19. The van der Waals surface area contributed by atoms with Crippen molar-refractivity contribution in [3.63, 3.8) is 0 Å². The van der Waals surface area contributed by atoms with Crippen LogP contribution in [0, 0.1) is 0 Å². The molecule has 2 aromatic carbocycles. The first-order valence-electron chi connectivity index (χ1n) is 7.74. The van der Waals surface area contributed by atoms with Crippen molar-refractivity contribution < 1.29 is 13.2 Å². The van der Waals surface area contributed by atoms with E-state index >= 15 is 0 Å². The summed E-state index contributed by atoms with van der Waals surface area (Å²) in [5, 5.41) is 0. The van der Waals surface area contributed by atoms with E-state index in [4.69, 9.17) is 0 Å². The molecular weight excluding hydrogens is 311 g/mol. The second-order valence-corrected chi connectivity index (χ2v) is 5.94. The normalized spacial score (nSPS) is 13.7. The van der Waals surface area contributed by atoms with Crippen LogP contribution < -0.4 is 4.90 Å². The minimum Gasteiger partial charge on any atom is -0.367 e. The van der Waals surface area contributed by atoms with Gasteiger partial charge < -0.3 is 4.90 Å². The Labute approximate surface area is 139 Å². The predicted octanol–water partition coefficient (Wildman–Crippen LogP) is 5.47. The molecule has 4 heteroatoms. The molecule has 0 saturated carbocycles. The standard InChI is InChI=1S/C20H18F3N/c1-3-14(2)16-6-9-19-17(12-16)10-11-24(19)13-15-4-7-18(8-5-15)20(21,22)23/h3-9,12H,1-2,10-11,13H2. The number of hydrogen-bond acceptors (Lipinski definition) is 1. The maximum atomic E-state index is 12.6. The van der Waals surface area contributed by atoms with Crippen molar-refractivity contribution >= 4 is 11.3 Å². The Balaban J connectivity index is 1.77. The molecule has 0 saturated heterocycles. The molecule has 0 fully saturated rings. The topological polar surface area (TPSA) is 3.24 Å². The molecular formula is C20H18F3N. The van der Waals surface area contributed by atoms with Gasteiger partial charge in [0.15, 0.2) is 0 Å². The summed E-state index contributed by atoms with van der Waals surface area (Å²) in [6.45, 7) is 9.16. The SMILES string of the molecule is C=CC(=C)c1ccc2c(c1)CCN2Cc1ccc(C(F)(F)F)cc1. The molecule has 0 aromatic heterocycles. The summed E-state index contributed by atoms with van der Waals surface area (Å²) in [6.07, 6.45) is -1.63. The number of allylic oxidation sites excluding steroid dienone is 2. The van der Waals surface area contributed by atoms with Gasteiger partial charge in [-0.05, 0) is 52.9 Å². The summed E-state index contributed by atoms with van der Waals surface area (Å²) in [5.41, 5.74) is 4.58. The number of nitrogens with zero attached hydrogens (tertiary/aromatic N) is 1. The molecule has 2 aromatic rings. The smallest absolute Gasteiger partial charge is 0.367 e. The highest BCUT2D eigenvalue weighted by molar-refractivity contribution is 5.74. The van der Waals surface area contributed by atoms with Crippen molar-refractivity contribution in [1.29, 1.82) is 0 Å². The molecule has 0 N–H and O–H groups in total. The van der Waals surface area contributed by atoms with Crippen molar-refractivity contribution in [3.8, 4) is 0 Å². The summed E-state index contributed by atoms with van der Waals surface area (Å²) in [5.74, 6) is 0. The lowest BCUT2D eigenvalue weighted by Crippen LogP contribution is -2.19. The average molecular weight is 329 g/mol. The van der Waals surface area contributed by atoms with E-state index in [2.05, 4.69) is 30.2 Å². The Kier molecular flexibility index (Phi) is 4.22. The van der Waals surface area contributed by atoms with Crippen LogP contribution in [0.3, 0.4) is 0 Å². The monoisotopic (exact) mass is 329 g/mol. The van der Waals surface area contributed by atoms with Crippen molar-refractivity contribution in [1.82, 2.24) is 0 Å². The summed E-state index contributed by atoms with van der Waals surface area (Å²) >= 11 is 0. The first kappa shape index (κ1) is 16.4. The molecule has 0 radical (unpaired) electrons. The first-order valence-corrected chi connectivity index (χ1v) is 7.74. The van der Waals surface area contributed by atoms with E-state index in [1.54, 1.807) is 18.2 Å². The minimum atomic E-state index is -4.29. The first-order chi connectivity index (χ1) is 11.4. The predicted molar refractivity (Wildman–Crippen MR) is 91.9 cm³/mol. The van der Waals surface area contributed by atoms with Crippen LogP contribution in [-0.2, 0) is 19.1 Å². The number of halogens is 3. The van der Waals surface area contributed by atoms with E-state index in [0.717, 1.165) is 47.5 Å². The van der Waals surface area contributed by atoms with Gasteiger partial charge >= 0.3 is 6.18 Å². The number of hydrogen-bond donors (Lipinski definition) is 0. The Morgan fingerprint density at radius 3 is 2.46 bits per heavy atom. The van der Waals surface area contributed by atoms with Crippen LogP contribution in [0.5, 0.6) is 0 Å². The van der Waals surface area contributed by atoms with Crippen LogP contribution in [0.2, 0.25) is 0 Å². The Morgan fingerprint density at radius 2 is 1.83 bits per heavy atom. The van der Waals surface area contributed by atoms with Gasteiger partial charge in [0, 0.05) is 18.8 Å². The van der Waals surface area contributed by atoms with Crippen LogP contribution in [0.25, 0.3) is 5.57 Å². The summed E-state index contributed by atoms with van der Waals surface area (Å²) in [7, 11) is 0. The number of rotatable bonds is 4. The van der Waals surface area contributed by atoms with E-state index < -0.39 is 11.7 Å². The van der Waals surface area contributed by atoms with Crippen molar-refractivity contribution in [2.75, 3.05) is 11.4 Å². The molecule has 0 atom stereocenters. The third kappa shape index (κ3) is 3.23. The maximum Gasteiger partial charge on any atom is 0.416 e. The van der Waals surface area contributed by atoms with Crippen LogP contribution in [0.1, 0.15) is 22.3 Å². The molecule has 124 valence electrons. The molecule has 24 heavy (non-hydrogen) atoms. The fourth-order valence-electron chi connectivity index (χ4n) is 2.97. The van der Waals surface area contributed by atoms with Gasteiger partial charge in [0.1, 0.15) is 0 Å². The third-order valence-corrected chi connectivity index (χ3v) is 4.34. The molecule has 1 aliphatic heterocycles. The van der Waals surface area contributed by atoms with E-state index in [0.29, 0.717) is 6.54 Å². The minimum absolute atomic E-state index is 0.604. The van der Waals surface area contributed by atoms with Crippen molar-refractivity contribution in [2.24, 2.45) is 0 Å². The Bertz CT molecular complexity index is 772. The van der Waals surface area contributed by atoms with Gasteiger partial charge in [-0.2, -0.15) is 13.2 Å². The number of alkyl halides is 3. The average Bonchev–Trinajstić information content (AvgIpc) is 2.96.